The van der Waals surface area contributed by atoms with E-state index >= 15 is 0 Å². The molecule has 0 aromatic carbocycles. The van der Waals surface area contributed by atoms with E-state index in [1.807, 2.05) is 19.9 Å². The van der Waals surface area contributed by atoms with Crippen molar-refractivity contribution in [3.8, 4) is 6.07 Å². The van der Waals surface area contributed by atoms with Gasteiger partial charge in [-0.25, -0.2) is 0 Å². The molecule has 1 aliphatic carbocycles. The second kappa shape index (κ2) is 5.80. The Labute approximate surface area is 101 Å². The molecular weight excluding hydrogens is 216 g/mol. The van der Waals surface area contributed by atoms with Crippen LogP contribution >= 0.6 is 0 Å². The second-order valence-electron chi connectivity index (χ2n) is 3.49. The molecule has 1 amide bonds. The number of nitrogens with zero attached hydrogens (tertiary/aromatic N) is 2. The molecule has 0 aromatic heterocycles. The minimum Gasteiger partial charge on any atom is -0.339 e. The first-order valence-electron chi connectivity index (χ1n) is 5.47. The number of carbonyl (C=O) groups excluding carboxylic acids is 2. The average molecular weight is 230 g/mol. The molecule has 1 aliphatic rings. The largest absolute Gasteiger partial charge is 0.339 e. The van der Waals surface area contributed by atoms with Crippen molar-refractivity contribution in [1.82, 2.24) is 4.90 Å². The topological polar surface area (TPSA) is 61.2 Å². The van der Waals surface area contributed by atoms with Crippen LogP contribution in [0.5, 0.6) is 0 Å². The third-order valence-corrected chi connectivity index (χ3v) is 2.52. The van der Waals surface area contributed by atoms with E-state index < -0.39 is 0 Å². The molecule has 17 heavy (non-hydrogen) atoms. The van der Waals surface area contributed by atoms with Gasteiger partial charge in [-0.15, -0.1) is 0 Å². The van der Waals surface area contributed by atoms with Crippen LogP contribution in [0.2, 0.25) is 0 Å². The van der Waals surface area contributed by atoms with Gasteiger partial charge in [-0.3, -0.25) is 9.59 Å². The molecular formula is C13H14N2O2. The third-order valence-electron chi connectivity index (χ3n) is 2.52. The van der Waals surface area contributed by atoms with Crippen LogP contribution in [-0.4, -0.2) is 29.7 Å². The highest BCUT2D eigenvalue weighted by Crippen LogP contribution is 2.14. The minimum absolute atomic E-state index is 0.0775. The SMILES string of the molecule is CCN(CC)C(=O)C(C#N)=C1C=CC(=O)C=C1. The minimum atomic E-state index is -0.295. The zero-order valence-corrected chi connectivity index (χ0v) is 9.93. The number of allylic oxidation sites excluding steroid dienone is 5. The van der Waals surface area contributed by atoms with Gasteiger partial charge >= 0.3 is 0 Å². The summed E-state index contributed by atoms with van der Waals surface area (Å²) in [5, 5.41) is 9.05. The zero-order valence-electron chi connectivity index (χ0n) is 9.93. The summed E-state index contributed by atoms with van der Waals surface area (Å²) >= 11 is 0. The average Bonchev–Trinajstić information content (AvgIpc) is 2.34. The van der Waals surface area contributed by atoms with E-state index in [1.54, 1.807) is 4.90 Å². The van der Waals surface area contributed by atoms with Crippen LogP contribution in [0.4, 0.5) is 0 Å². The number of likely N-dealkylation sites (N-methyl/N-ethyl adjacent to an activating group) is 1. The van der Waals surface area contributed by atoms with Gasteiger partial charge < -0.3 is 4.90 Å². The zero-order chi connectivity index (χ0) is 12.8. The number of amides is 1. The molecule has 88 valence electrons. The molecule has 0 saturated heterocycles. The van der Waals surface area contributed by atoms with Crippen molar-refractivity contribution >= 4 is 11.7 Å². The van der Waals surface area contributed by atoms with Gasteiger partial charge in [0.1, 0.15) is 11.6 Å². The molecule has 4 heteroatoms. The molecule has 1 rings (SSSR count). The molecule has 0 fully saturated rings. The van der Waals surface area contributed by atoms with Gasteiger partial charge in [-0.2, -0.15) is 5.26 Å². The summed E-state index contributed by atoms with van der Waals surface area (Å²) in [7, 11) is 0. The van der Waals surface area contributed by atoms with E-state index in [1.165, 1.54) is 24.3 Å². The highest BCUT2D eigenvalue weighted by molar-refractivity contribution is 6.04. The lowest BCUT2D eigenvalue weighted by molar-refractivity contribution is -0.126. The Morgan fingerprint density at radius 1 is 1.24 bits per heavy atom. The van der Waals surface area contributed by atoms with Gasteiger partial charge in [0.2, 0.25) is 0 Å². The van der Waals surface area contributed by atoms with Gasteiger partial charge in [0.05, 0.1) is 0 Å². The molecule has 4 nitrogen and oxygen atoms in total. The first-order valence-corrected chi connectivity index (χ1v) is 5.47. The van der Waals surface area contributed by atoms with Crippen molar-refractivity contribution in [2.75, 3.05) is 13.1 Å². The van der Waals surface area contributed by atoms with E-state index in [2.05, 4.69) is 0 Å². The quantitative estimate of drug-likeness (QED) is 0.543. The van der Waals surface area contributed by atoms with E-state index in [9.17, 15) is 9.59 Å². The van der Waals surface area contributed by atoms with Crippen LogP contribution < -0.4 is 0 Å². The van der Waals surface area contributed by atoms with E-state index in [-0.39, 0.29) is 17.3 Å². The molecule has 0 heterocycles. The highest BCUT2D eigenvalue weighted by Gasteiger charge is 2.18. The molecule has 0 bridgehead atoms. The number of hydrogen-bond acceptors (Lipinski definition) is 3. The van der Waals surface area contributed by atoms with E-state index in [4.69, 9.17) is 5.26 Å². The molecule has 0 aliphatic heterocycles. The Kier molecular flexibility index (Phi) is 4.41. The number of hydrogen-bond donors (Lipinski definition) is 0. The lowest BCUT2D eigenvalue weighted by Crippen LogP contribution is -2.31. The summed E-state index contributed by atoms with van der Waals surface area (Å²) in [6, 6.07) is 1.91. The fourth-order valence-corrected chi connectivity index (χ4v) is 1.53. The predicted octanol–water partition coefficient (Wildman–Crippen LogP) is 1.37. The molecule has 0 aromatic rings. The molecule has 0 N–H and O–H groups in total. The van der Waals surface area contributed by atoms with Gasteiger partial charge in [0, 0.05) is 13.1 Å². The second-order valence-corrected chi connectivity index (χ2v) is 3.49. The number of ketones is 1. The van der Waals surface area contributed by atoms with Crippen LogP contribution in [0.3, 0.4) is 0 Å². The number of carbonyl (C=O) groups is 2. The summed E-state index contributed by atoms with van der Waals surface area (Å²) in [6.45, 7) is 4.83. The van der Waals surface area contributed by atoms with Crippen LogP contribution in [0.15, 0.2) is 35.5 Å². The Bertz CT molecular complexity index is 442. The monoisotopic (exact) mass is 230 g/mol. The summed E-state index contributed by atoms with van der Waals surface area (Å²) in [6.07, 6.45) is 5.70. The molecule has 0 radical (unpaired) electrons. The van der Waals surface area contributed by atoms with Crippen molar-refractivity contribution in [2.24, 2.45) is 0 Å². The first-order chi connectivity index (χ1) is 8.13. The van der Waals surface area contributed by atoms with Gasteiger partial charge in [-0.05, 0) is 43.7 Å². The Morgan fingerprint density at radius 3 is 2.18 bits per heavy atom. The maximum atomic E-state index is 12.0. The van der Waals surface area contributed by atoms with Crippen molar-refractivity contribution in [1.29, 1.82) is 5.26 Å². The van der Waals surface area contributed by atoms with E-state index in [0.29, 0.717) is 18.7 Å². The first kappa shape index (κ1) is 12.9. The maximum Gasteiger partial charge on any atom is 0.265 e. The van der Waals surface area contributed by atoms with Crippen molar-refractivity contribution in [2.45, 2.75) is 13.8 Å². The molecule has 0 saturated carbocycles. The standard InChI is InChI=1S/C13H14N2O2/c1-3-15(4-2)13(17)12(9-14)10-5-7-11(16)8-6-10/h5-8H,3-4H2,1-2H3. The van der Waals surface area contributed by atoms with Crippen LogP contribution in [0.1, 0.15) is 13.8 Å². The Balaban J connectivity index is 3.08. The number of rotatable bonds is 3. The predicted molar refractivity (Wildman–Crippen MR) is 63.9 cm³/mol. The third kappa shape index (κ3) is 2.91. The van der Waals surface area contributed by atoms with Crippen molar-refractivity contribution in [3.63, 3.8) is 0 Å². The summed E-state index contributed by atoms with van der Waals surface area (Å²) in [5.74, 6) is -0.433. The van der Waals surface area contributed by atoms with Crippen LogP contribution in [0.25, 0.3) is 0 Å². The van der Waals surface area contributed by atoms with Crippen molar-refractivity contribution in [3.05, 3.63) is 35.5 Å². The Morgan fingerprint density at radius 2 is 1.76 bits per heavy atom. The highest BCUT2D eigenvalue weighted by atomic mass is 16.2. The molecule has 0 atom stereocenters. The molecule has 0 unspecified atom stereocenters. The van der Waals surface area contributed by atoms with Crippen LogP contribution in [-0.2, 0) is 9.59 Å². The fourth-order valence-electron chi connectivity index (χ4n) is 1.53. The summed E-state index contributed by atoms with van der Waals surface area (Å²) < 4.78 is 0. The summed E-state index contributed by atoms with van der Waals surface area (Å²) in [4.78, 5) is 24.5. The number of nitriles is 1. The smallest absolute Gasteiger partial charge is 0.265 e. The van der Waals surface area contributed by atoms with Gasteiger partial charge in [-0.1, -0.05) is 0 Å². The van der Waals surface area contributed by atoms with Crippen LogP contribution in [0, 0.1) is 11.3 Å². The normalized spacial score (nSPS) is 13.5. The van der Waals surface area contributed by atoms with Gasteiger partial charge in [0.15, 0.2) is 5.78 Å². The van der Waals surface area contributed by atoms with Gasteiger partial charge in [0.25, 0.3) is 5.91 Å². The maximum absolute atomic E-state index is 12.0. The molecule has 0 spiro atoms. The fraction of sp³-hybridized carbons (Fsp3) is 0.308. The summed E-state index contributed by atoms with van der Waals surface area (Å²) in [5.41, 5.74) is 0.567. The Hall–Kier alpha value is -2.15. The van der Waals surface area contributed by atoms with E-state index in [0.717, 1.165) is 0 Å². The lowest BCUT2D eigenvalue weighted by atomic mass is 10.0. The van der Waals surface area contributed by atoms with Crippen molar-refractivity contribution < 1.29 is 9.59 Å². The lowest BCUT2D eigenvalue weighted by Gasteiger charge is -2.18.